The summed E-state index contributed by atoms with van der Waals surface area (Å²) < 4.78 is 40.7. The molecule has 3 rings (SSSR count). The van der Waals surface area contributed by atoms with Crippen molar-refractivity contribution in [2.45, 2.75) is 19.4 Å². The summed E-state index contributed by atoms with van der Waals surface area (Å²) in [4.78, 5) is 20.5. The first-order valence-electron chi connectivity index (χ1n) is 8.64. The molecule has 1 aliphatic heterocycles. The number of anilines is 1. The maximum Gasteiger partial charge on any atom is 0.274 e. The highest BCUT2D eigenvalue weighted by molar-refractivity contribution is 7.89. The van der Waals surface area contributed by atoms with Crippen molar-refractivity contribution in [3.05, 3.63) is 58.6 Å². The maximum absolute atomic E-state index is 14.6. The van der Waals surface area contributed by atoms with E-state index in [0.717, 1.165) is 10.4 Å². The summed E-state index contributed by atoms with van der Waals surface area (Å²) in [7, 11) is -3.78. The lowest BCUT2D eigenvalue weighted by Gasteiger charge is -2.36. The topological polar surface area (TPSA) is 118 Å². The summed E-state index contributed by atoms with van der Waals surface area (Å²) in [6.07, 6.45) is 1.33. The van der Waals surface area contributed by atoms with Crippen LogP contribution in [0.3, 0.4) is 0 Å². The molecule has 154 valence electrons. The Hall–Kier alpha value is -2.72. The fraction of sp³-hybridized carbons (Fsp3) is 0.278. The fourth-order valence-electron chi connectivity index (χ4n) is 3.13. The zero-order chi connectivity index (χ0) is 21.4. The smallest absolute Gasteiger partial charge is 0.274 e. The Labute approximate surface area is 172 Å². The van der Waals surface area contributed by atoms with E-state index in [4.69, 9.17) is 17.3 Å². The van der Waals surface area contributed by atoms with Crippen LogP contribution in [0.5, 0.6) is 0 Å². The lowest BCUT2D eigenvalue weighted by molar-refractivity contribution is 0.102. The summed E-state index contributed by atoms with van der Waals surface area (Å²) in [5.41, 5.74) is 4.75. The van der Waals surface area contributed by atoms with Gasteiger partial charge in [0, 0.05) is 24.0 Å². The number of carbonyl (C=O) groups excluding carboxylic acids is 1. The average molecular weight is 440 g/mol. The van der Waals surface area contributed by atoms with Crippen molar-refractivity contribution in [2.24, 2.45) is 10.7 Å². The number of aromatic nitrogens is 1. The largest absolute Gasteiger partial charge is 0.369 e. The first-order chi connectivity index (χ1) is 13.6. The van der Waals surface area contributed by atoms with Crippen molar-refractivity contribution in [1.82, 2.24) is 9.29 Å². The molecule has 1 aromatic heterocycles. The number of aliphatic imine (C=N–C) groups is 1. The number of carbonyl (C=O) groups is 1. The van der Waals surface area contributed by atoms with Crippen LogP contribution in [0.2, 0.25) is 5.02 Å². The second-order valence-corrected chi connectivity index (χ2v) is 9.00. The fourth-order valence-corrected chi connectivity index (χ4v) is 5.05. The standard InChI is InChI=1S/C18H19ClFN5O3S/c1-3-25-17(21)24-18(2,10-29(25,27)28)13-8-12(5-6-14(13)20)23-16(26)15-7-4-11(19)9-22-15/h4-9H,3,10H2,1-2H3,(H2,21,24)(H,23,26)/t18-/m0/s1. The molecule has 2 aromatic rings. The molecule has 11 heteroatoms. The molecule has 0 aliphatic carbocycles. The Morgan fingerprint density at radius 2 is 2.10 bits per heavy atom. The quantitative estimate of drug-likeness (QED) is 0.757. The Bertz CT molecular complexity index is 1090. The zero-order valence-electron chi connectivity index (χ0n) is 15.7. The third-order valence-electron chi connectivity index (χ3n) is 4.47. The summed E-state index contributed by atoms with van der Waals surface area (Å²) in [6, 6.07) is 6.80. The zero-order valence-corrected chi connectivity index (χ0v) is 17.3. The SMILES string of the molecule is CCN1C(N)=N[C@](C)(c2cc(NC(=O)c3ccc(Cl)cn3)ccc2F)CS1(=O)=O. The second kappa shape index (κ2) is 7.60. The van der Waals surface area contributed by atoms with Gasteiger partial charge < -0.3 is 11.1 Å². The number of hydrogen-bond donors (Lipinski definition) is 2. The van der Waals surface area contributed by atoms with Crippen molar-refractivity contribution < 1.29 is 17.6 Å². The number of amides is 1. The van der Waals surface area contributed by atoms with E-state index in [2.05, 4.69) is 15.3 Å². The molecule has 0 radical (unpaired) electrons. The van der Waals surface area contributed by atoms with Crippen LogP contribution in [0.4, 0.5) is 10.1 Å². The van der Waals surface area contributed by atoms with Crippen LogP contribution in [0.25, 0.3) is 0 Å². The number of rotatable bonds is 4. The van der Waals surface area contributed by atoms with Crippen LogP contribution in [0.15, 0.2) is 41.5 Å². The minimum atomic E-state index is -3.78. The number of guanidine groups is 1. The highest BCUT2D eigenvalue weighted by atomic mass is 35.5. The molecule has 8 nitrogen and oxygen atoms in total. The summed E-state index contributed by atoms with van der Waals surface area (Å²) in [5, 5.41) is 2.99. The molecule has 0 spiro atoms. The molecule has 1 amide bonds. The Morgan fingerprint density at radius 1 is 1.38 bits per heavy atom. The van der Waals surface area contributed by atoms with Crippen LogP contribution < -0.4 is 11.1 Å². The van der Waals surface area contributed by atoms with Gasteiger partial charge in [-0.05, 0) is 44.2 Å². The van der Waals surface area contributed by atoms with E-state index in [0.29, 0.717) is 5.02 Å². The van der Waals surface area contributed by atoms with Gasteiger partial charge >= 0.3 is 0 Å². The highest BCUT2D eigenvalue weighted by Gasteiger charge is 2.42. The van der Waals surface area contributed by atoms with Crippen LogP contribution in [-0.2, 0) is 15.6 Å². The number of pyridine rings is 1. The number of sulfonamides is 1. The van der Waals surface area contributed by atoms with Crippen molar-refractivity contribution in [3.8, 4) is 0 Å². The molecule has 0 unspecified atom stereocenters. The molecule has 0 bridgehead atoms. The van der Waals surface area contributed by atoms with Gasteiger partial charge in [-0.15, -0.1) is 0 Å². The monoisotopic (exact) mass is 439 g/mol. The predicted octanol–water partition coefficient (Wildman–Crippen LogP) is 2.32. The summed E-state index contributed by atoms with van der Waals surface area (Å²) >= 11 is 5.76. The molecule has 0 fully saturated rings. The number of halogens is 2. The molecular formula is C18H19ClFN5O3S. The van der Waals surface area contributed by atoms with Gasteiger partial charge in [0.25, 0.3) is 5.91 Å². The molecule has 29 heavy (non-hydrogen) atoms. The van der Waals surface area contributed by atoms with Crippen molar-refractivity contribution in [1.29, 1.82) is 0 Å². The van der Waals surface area contributed by atoms with Gasteiger partial charge in [-0.2, -0.15) is 0 Å². The van der Waals surface area contributed by atoms with E-state index in [1.165, 1.54) is 37.4 Å². The van der Waals surface area contributed by atoms with Gasteiger partial charge in [-0.25, -0.2) is 27.1 Å². The Morgan fingerprint density at radius 3 is 2.69 bits per heavy atom. The van der Waals surface area contributed by atoms with Crippen LogP contribution in [0.1, 0.15) is 29.9 Å². The lowest BCUT2D eigenvalue weighted by atomic mass is 9.93. The van der Waals surface area contributed by atoms with E-state index in [1.807, 2.05) is 0 Å². The summed E-state index contributed by atoms with van der Waals surface area (Å²) in [5.74, 6) is -1.85. The van der Waals surface area contributed by atoms with Gasteiger partial charge in [-0.1, -0.05) is 11.6 Å². The third-order valence-corrected chi connectivity index (χ3v) is 6.74. The first kappa shape index (κ1) is 21.0. The van der Waals surface area contributed by atoms with Crippen LogP contribution in [-0.4, -0.2) is 41.9 Å². The van der Waals surface area contributed by atoms with Crippen LogP contribution in [0, 0.1) is 5.82 Å². The van der Waals surface area contributed by atoms with Gasteiger partial charge in [0.15, 0.2) is 0 Å². The number of nitrogens with one attached hydrogen (secondary N) is 1. The lowest BCUT2D eigenvalue weighted by Crippen LogP contribution is -2.52. The van der Waals surface area contributed by atoms with Gasteiger partial charge in [0.2, 0.25) is 16.0 Å². The molecule has 1 atom stereocenters. The molecule has 1 aromatic carbocycles. The number of nitrogens with zero attached hydrogens (tertiary/aromatic N) is 3. The molecule has 0 saturated heterocycles. The molecule has 3 N–H and O–H groups in total. The van der Waals surface area contributed by atoms with E-state index in [9.17, 15) is 17.6 Å². The van der Waals surface area contributed by atoms with E-state index in [-0.39, 0.29) is 29.4 Å². The Kier molecular flexibility index (Phi) is 5.50. The Balaban J connectivity index is 1.96. The van der Waals surface area contributed by atoms with Crippen molar-refractivity contribution >= 4 is 39.2 Å². The average Bonchev–Trinajstić information content (AvgIpc) is 2.62. The number of benzene rings is 1. The van der Waals surface area contributed by atoms with E-state index < -0.39 is 33.0 Å². The van der Waals surface area contributed by atoms with Crippen LogP contribution >= 0.6 is 11.6 Å². The van der Waals surface area contributed by atoms with E-state index >= 15 is 0 Å². The molecule has 0 saturated carbocycles. The molecular weight excluding hydrogens is 421 g/mol. The predicted molar refractivity (Wildman–Crippen MR) is 109 cm³/mol. The molecule has 2 heterocycles. The molecule has 1 aliphatic rings. The van der Waals surface area contributed by atoms with Crippen molar-refractivity contribution in [3.63, 3.8) is 0 Å². The highest BCUT2D eigenvalue weighted by Crippen LogP contribution is 2.35. The first-order valence-corrected chi connectivity index (χ1v) is 10.6. The van der Waals surface area contributed by atoms with Crippen molar-refractivity contribution in [2.75, 3.05) is 17.6 Å². The van der Waals surface area contributed by atoms with Gasteiger partial charge in [-0.3, -0.25) is 4.79 Å². The van der Waals surface area contributed by atoms with Gasteiger partial charge in [0.05, 0.1) is 10.8 Å². The second-order valence-electron chi connectivity index (χ2n) is 6.68. The van der Waals surface area contributed by atoms with E-state index in [1.54, 1.807) is 6.92 Å². The normalized spacial score (nSPS) is 20.8. The minimum Gasteiger partial charge on any atom is -0.369 e. The minimum absolute atomic E-state index is 0.00152. The number of hydrogen-bond acceptors (Lipinski definition) is 6. The third kappa shape index (κ3) is 4.18. The number of nitrogens with two attached hydrogens (primary N) is 1. The summed E-state index contributed by atoms with van der Waals surface area (Å²) in [6.45, 7) is 3.24. The van der Waals surface area contributed by atoms with Gasteiger partial charge in [0.1, 0.15) is 17.1 Å². The maximum atomic E-state index is 14.6.